The van der Waals surface area contributed by atoms with Crippen molar-refractivity contribution in [1.29, 1.82) is 0 Å². The summed E-state index contributed by atoms with van der Waals surface area (Å²) in [4.78, 5) is 29.4. The Hall–Kier alpha value is -3.90. The van der Waals surface area contributed by atoms with Crippen molar-refractivity contribution >= 4 is 50.5 Å². The smallest absolute Gasteiger partial charge is 0.266 e. The minimum Gasteiger partial charge on any atom is -0.453 e. The molecule has 0 N–H and O–H groups in total. The molecule has 6 rings (SSSR count). The third-order valence-electron chi connectivity index (χ3n) is 5.61. The first-order chi connectivity index (χ1) is 15.6. The Kier molecular flexibility index (Phi) is 4.16. The zero-order valence-electron chi connectivity index (χ0n) is 16.7. The van der Waals surface area contributed by atoms with Crippen LogP contribution in [0.15, 0.2) is 95.5 Å². The number of anilines is 4. The van der Waals surface area contributed by atoms with E-state index in [4.69, 9.17) is 4.74 Å². The van der Waals surface area contributed by atoms with E-state index in [1.165, 1.54) is 4.90 Å². The van der Waals surface area contributed by atoms with Crippen LogP contribution in [-0.2, 0) is 0 Å². The molecule has 2 aliphatic rings. The summed E-state index contributed by atoms with van der Waals surface area (Å²) in [5.41, 5.74) is 3.88. The van der Waals surface area contributed by atoms with Crippen LogP contribution in [-0.4, -0.2) is 11.8 Å². The zero-order chi connectivity index (χ0) is 21.8. The molecule has 5 nitrogen and oxygen atoms in total. The molecule has 0 unspecified atom stereocenters. The van der Waals surface area contributed by atoms with E-state index in [9.17, 15) is 9.59 Å². The molecule has 4 aromatic carbocycles. The van der Waals surface area contributed by atoms with Gasteiger partial charge < -0.3 is 9.64 Å². The maximum atomic E-state index is 13.1. The van der Waals surface area contributed by atoms with E-state index >= 15 is 0 Å². The van der Waals surface area contributed by atoms with Gasteiger partial charge in [-0.25, -0.2) is 4.90 Å². The molecule has 2 amide bonds. The van der Waals surface area contributed by atoms with E-state index < -0.39 is 0 Å². The number of nitrogens with zero attached hydrogens (tertiary/aromatic N) is 2. The number of hydrogen-bond acceptors (Lipinski definition) is 4. The number of halogens is 1. The normalized spacial score (nSPS) is 14.0. The van der Waals surface area contributed by atoms with Crippen LogP contribution in [0.1, 0.15) is 20.7 Å². The number of rotatable bonds is 2. The third-order valence-corrected chi connectivity index (χ3v) is 6.07. The third kappa shape index (κ3) is 2.77. The van der Waals surface area contributed by atoms with Gasteiger partial charge in [0, 0.05) is 10.2 Å². The standard InChI is InChI=1S/C26H15BrN2O3/c27-16-13-17(15-18(14-16)29-25(30)19-7-1-2-8-20(19)26(29)31)28-21-9-3-5-11-23(21)32-24-12-6-4-10-22(24)28/h1-15H. The molecule has 6 heteroatoms. The van der Waals surface area contributed by atoms with Crippen molar-refractivity contribution in [2.24, 2.45) is 0 Å². The minimum atomic E-state index is -0.322. The van der Waals surface area contributed by atoms with Gasteiger partial charge in [0.05, 0.1) is 28.2 Å². The highest BCUT2D eigenvalue weighted by Gasteiger charge is 2.37. The second-order valence-electron chi connectivity index (χ2n) is 7.53. The van der Waals surface area contributed by atoms with Crippen molar-refractivity contribution in [3.63, 3.8) is 0 Å². The van der Waals surface area contributed by atoms with Crippen molar-refractivity contribution in [3.05, 3.63) is 107 Å². The van der Waals surface area contributed by atoms with Crippen LogP contribution in [0.5, 0.6) is 11.5 Å². The lowest BCUT2D eigenvalue weighted by Gasteiger charge is -2.33. The Morgan fingerprint density at radius 2 is 1.06 bits per heavy atom. The highest BCUT2D eigenvalue weighted by molar-refractivity contribution is 9.10. The van der Waals surface area contributed by atoms with Gasteiger partial charge in [0.2, 0.25) is 0 Å². The molecule has 0 saturated heterocycles. The summed E-state index contributed by atoms with van der Waals surface area (Å²) < 4.78 is 6.85. The molecule has 0 bridgehead atoms. The molecule has 0 aliphatic carbocycles. The van der Waals surface area contributed by atoms with Crippen LogP contribution in [0, 0.1) is 0 Å². The van der Waals surface area contributed by atoms with Crippen molar-refractivity contribution < 1.29 is 14.3 Å². The average molecular weight is 483 g/mol. The summed E-state index contributed by atoms with van der Waals surface area (Å²) in [5.74, 6) is 0.816. The largest absolute Gasteiger partial charge is 0.453 e. The lowest BCUT2D eigenvalue weighted by Crippen LogP contribution is -2.29. The highest BCUT2D eigenvalue weighted by Crippen LogP contribution is 2.51. The lowest BCUT2D eigenvalue weighted by atomic mass is 10.1. The molecule has 0 fully saturated rings. The predicted molar refractivity (Wildman–Crippen MR) is 126 cm³/mol. The molecule has 154 valence electrons. The number of ether oxygens (including phenoxy) is 1. The van der Waals surface area contributed by atoms with Crippen LogP contribution in [0.2, 0.25) is 0 Å². The van der Waals surface area contributed by atoms with Crippen LogP contribution in [0.3, 0.4) is 0 Å². The lowest BCUT2D eigenvalue weighted by molar-refractivity contribution is 0.0926. The number of imide groups is 1. The summed E-state index contributed by atoms with van der Waals surface area (Å²) >= 11 is 3.57. The van der Waals surface area contributed by atoms with Gasteiger partial charge in [-0.2, -0.15) is 0 Å². The monoisotopic (exact) mass is 482 g/mol. The molecule has 2 aliphatic heterocycles. The summed E-state index contributed by atoms with van der Waals surface area (Å²) in [6, 6.07) is 28.0. The van der Waals surface area contributed by atoms with Crippen molar-refractivity contribution in [1.82, 2.24) is 0 Å². The van der Waals surface area contributed by atoms with Crippen molar-refractivity contribution in [2.75, 3.05) is 9.80 Å². The first-order valence-corrected chi connectivity index (χ1v) is 10.9. The van der Waals surface area contributed by atoms with Gasteiger partial charge in [0.1, 0.15) is 0 Å². The highest BCUT2D eigenvalue weighted by atomic mass is 79.9. The minimum absolute atomic E-state index is 0.322. The van der Waals surface area contributed by atoms with Crippen LogP contribution in [0.4, 0.5) is 22.7 Å². The summed E-state index contributed by atoms with van der Waals surface area (Å²) in [7, 11) is 0. The quantitative estimate of drug-likeness (QED) is 0.259. The van der Waals surface area contributed by atoms with Crippen LogP contribution < -0.4 is 14.5 Å². The Morgan fingerprint density at radius 1 is 0.594 bits per heavy atom. The number of carbonyl (C=O) groups excluding carboxylic acids is 2. The Bertz CT molecular complexity index is 1350. The maximum Gasteiger partial charge on any atom is 0.266 e. The number of benzene rings is 4. The van der Waals surface area contributed by atoms with Gasteiger partial charge in [0.15, 0.2) is 11.5 Å². The van der Waals surface area contributed by atoms with Gasteiger partial charge in [-0.3, -0.25) is 9.59 Å². The molecule has 0 spiro atoms. The van der Waals surface area contributed by atoms with E-state index in [0.29, 0.717) is 16.8 Å². The molecule has 0 atom stereocenters. The molecule has 32 heavy (non-hydrogen) atoms. The van der Waals surface area contributed by atoms with E-state index in [1.807, 2.05) is 60.7 Å². The number of para-hydroxylation sites is 4. The predicted octanol–water partition coefficient (Wildman–Crippen LogP) is 6.83. The van der Waals surface area contributed by atoms with Gasteiger partial charge in [-0.05, 0) is 54.6 Å². The molecule has 0 radical (unpaired) electrons. The maximum absolute atomic E-state index is 13.1. The Balaban J connectivity index is 1.52. The second-order valence-corrected chi connectivity index (χ2v) is 8.45. The number of hydrogen-bond donors (Lipinski definition) is 0. The number of amides is 2. The van der Waals surface area contributed by atoms with Gasteiger partial charge in [0.25, 0.3) is 11.8 Å². The molecule has 0 aromatic heterocycles. The van der Waals surface area contributed by atoms with E-state index in [2.05, 4.69) is 20.8 Å². The zero-order valence-corrected chi connectivity index (χ0v) is 18.2. The fraction of sp³-hybridized carbons (Fsp3) is 0. The summed E-state index contributed by atoms with van der Waals surface area (Å²) in [6.45, 7) is 0. The first kappa shape index (κ1) is 18.8. The fourth-order valence-electron chi connectivity index (χ4n) is 4.22. The SMILES string of the molecule is O=C1c2ccccc2C(=O)N1c1cc(Br)cc(N2c3ccccc3Oc3ccccc32)c1. The molecular formula is C26H15BrN2O3. The fourth-order valence-corrected chi connectivity index (χ4v) is 4.69. The average Bonchev–Trinajstić information content (AvgIpc) is 3.07. The molecule has 4 aromatic rings. The van der Waals surface area contributed by atoms with Crippen molar-refractivity contribution in [3.8, 4) is 11.5 Å². The van der Waals surface area contributed by atoms with Crippen LogP contribution >= 0.6 is 15.9 Å². The second kappa shape index (κ2) is 7.07. The number of fused-ring (bicyclic) bond motifs is 3. The molecule has 0 saturated carbocycles. The van der Waals surface area contributed by atoms with Gasteiger partial charge >= 0.3 is 0 Å². The van der Waals surface area contributed by atoms with E-state index in [-0.39, 0.29) is 11.8 Å². The molecule has 2 heterocycles. The van der Waals surface area contributed by atoms with E-state index in [1.54, 1.807) is 30.3 Å². The van der Waals surface area contributed by atoms with Gasteiger partial charge in [-0.1, -0.05) is 52.3 Å². The summed E-state index contributed by atoms with van der Waals surface area (Å²) in [6.07, 6.45) is 0. The molecular weight excluding hydrogens is 468 g/mol. The van der Waals surface area contributed by atoms with Crippen LogP contribution in [0.25, 0.3) is 0 Å². The summed E-state index contributed by atoms with van der Waals surface area (Å²) in [5, 5.41) is 0. The first-order valence-electron chi connectivity index (χ1n) is 10.1. The Labute approximate surface area is 192 Å². The van der Waals surface area contributed by atoms with Crippen molar-refractivity contribution in [2.45, 2.75) is 0 Å². The van der Waals surface area contributed by atoms with Gasteiger partial charge in [-0.15, -0.1) is 0 Å². The topological polar surface area (TPSA) is 49.9 Å². The van der Waals surface area contributed by atoms with E-state index in [0.717, 1.165) is 33.0 Å². The Morgan fingerprint density at radius 3 is 1.62 bits per heavy atom. The number of carbonyl (C=O) groups is 2.